The van der Waals surface area contributed by atoms with Crippen molar-refractivity contribution >= 4 is 23.4 Å². The van der Waals surface area contributed by atoms with Crippen molar-refractivity contribution in [2.75, 3.05) is 24.2 Å². The van der Waals surface area contributed by atoms with Gasteiger partial charge >= 0.3 is 0 Å². The molecule has 1 fully saturated rings. The molecule has 2 aliphatic heterocycles. The zero-order chi connectivity index (χ0) is 13.4. The first-order chi connectivity index (χ1) is 9.16. The van der Waals surface area contributed by atoms with Gasteiger partial charge in [-0.3, -0.25) is 4.79 Å². The van der Waals surface area contributed by atoms with Gasteiger partial charge in [-0.25, -0.2) is 0 Å². The minimum atomic E-state index is 0.177. The molecule has 1 saturated heterocycles. The van der Waals surface area contributed by atoms with E-state index < -0.39 is 0 Å². The van der Waals surface area contributed by atoms with Crippen molar-refractivity contribution in [3.05, 3.63) is 29.3 Å². The number of carbonyl (C=O) groups excluding carboxylic acids is 1. The second-order valence-electron chi connectivity index (χ2n) is 5.36. The normalized spacial score (nSPS) is 25.9. The van der Waals surface area contributed by atoms with E-state index in [1.54, 1.807) is 0 Å². The van der Waals surface area contributed by atoms with Gasteiger partial charge in [-0.2, -0.15) is 11.8 Å². The zero-order valence-electron chi connectivity index (χ0n) is 11.5. The molecule has 2 unspecified atom stereocenters. The summed E-state index contributed by atoms with van der Waals surface area (Å²) in [7, 11) is 0. The molecular formula is C15H20N2OS. The maximum atomic E-state index is 12.6. The molecule has 1 amide bonds. The summed E-state index contributed by atoms with van der Waals surface area (Å²) in [4.78, 5) is 14.7. The van der Waals surface area contributed by atoms with E-state index in [1.807, 2.05) is 28.8 Å². The summed E-state index contributed by atoms with van der Waals surface area (Å²) in [5.74, 6) is 1.22. The SMILES string of the molecule is CC1SCCN(C(=O)c2ccc3c(c2)NCC3)C1C. The Hall–Kier alpha value is -1.16. The number of fused-ring (bicyclic) bond motifs is 1. The maximum absolute atomic E-state index is 12.6. The Morgan fingerprint density at radius 1 is 1.42 bits per heavy atom. The summed E-state index contributed by atoms with van der Waals surface area (Å²) < 4.78 is 0. The highest BCUT2D eigenvalue weighted by Crippen LogP contribution is 2.28. The molecule has 2 heterocycles. The standard InChI is InChI=1S/C15H20N2OS/c1-10-11(2)19-8-7-17(10)15(18)13-4-3-12-5-6-16-14(12)9-13/h3-4,9-11,16H,5-8H2,1-2H3. The Labute approximate surface area is 118 Å². The molecule has 1 N–H and O–H groups in total. The molecule has 0 bridgehead atoms. The fraction of sp³-hybridized carbons (Fsp3) is 0.533. The van der Waals surface area contributed by atoms with E-state index in [0.29, 0.717) is 11.3 Å². The summed E-state index contributed by atoms with van der Waals surface area (Å²) in [6.07, 6.45) is 1.07. The van der Waals surface area contributed by atoms with Crippen LogP contribution in [0.1, 0.15) is 29.8 Å². The lowest BCUT2D eigenvalue weighted by Gasteiger charge is -2.37. The first kappa shape index (κ1) is 12.9. The molecule has 2 aliphatic rings. The highest BCUT2D eigenvalue weighted by Gasteiger charge is 2.29. The van der Waals surface area contributed by atoms with E-state index in [4.69, 9.17) is 0 Å². The van der Waals surface area contributed by atoms with Crippen LogP contribution in [0.2, 0.25) is 0 Å². The lowest BCUT2D eigenvalue weighted by molar-refractivity contribution is 0.0698. The van der Waals surface area contributed by atoms with Crippen molar-refractivity contribution < 1.29 is 4.79 Å². The second-order valence-corrected chi connectivity index (χ2v) is 6.85. The third-order valence-electron chi connectivity index (χ3n) is 4.21. The minimum absolute atomic E-state index is 0.177. The average molecular weight is 276 g/mol. The molecule has 0 spiro atoms. The van der Waals surface area contributed by atoms with Crippen molar-refractivity contribution in [3.63, 3.8) is 0 Å². The number of hydrogen-bond donors (Lipinski definition) is 1. The summed E-state index contributed by atoms with van der Waals surface area (Å²) in [5, 5.41) is 3.86. The highest BCUT2D eigenvalue weighted by molar-refractivity contribution is 8.00. The van der Waals surface area contributed by atoms with Crippen LogP contribution < -0.4 is 5.32 Å². The molecule has 0 radical (unpaired) electrons. The van der Waals surface area contributed by atoms with Gasteiger partial charge in [-0.05, 0) is 31.0 Å². The van der Waals surface area contributed by atoms with E-state index in [0.717, 1.165) is 36.5 Å². The Kier molecular flexibility index (Phi) is 3.44. The van der Waals surface area contributed by atoms with Gasteiger partial charge in [0.15, 0.2) is 0 Å². The van der Waals surface area contributed by atoms with Gasteiger partial charge in [0, 0.05) is 41.4 Å². The second kappa shape index (κ2) is 5.08. The number of amides is 1. The van der Waals surface area contributed by atoms with Crippen molar-refractivity contribution in [3.8, 4) is 0 Å². The molecule has 3 rings (SSSR count). The van der Waals surface area contributed by atoms with Crippen LogP contribution in [-0.2, 0) is 6.42 Å². The van der Waals surface area contributed by atoms with Crippen LogP contribution in [0.4, 0.5) is 5.69 Å². The number of rotatable bonds is 1. The summed E-state index contributed by atoms with van der Waals surface area (Å²) in [6.45, 7) is 6.21. The summed E-state index contributed by atoms with van der Waals surface area (Å²) >= 11 is 1.96. The summed E-state index contributed by atoms with van der Waals surface area (Å²) in [5.41, 5.74) is 3.28. The number of nitrogens with zero attached hydrogens (tertiary/aromatic N) is 1. The highest BCUT2D eigenvalue weighted by atomic mass is 32.2. The fourth-order valence-electron chi connectivity index (χ4n) is 2.81. The topological polar surface area (TPSA) is 32.3 Å². The van der Waals surface area contributed by atoms with Crippen LogP contribution in [0.15, 0.2) is 18.2 Å². The third kappa shape index (κ3) is 2.34. The molecule has 3 nitrogen and oxygen atoms in total. The number of carbonyl (C=O) groups is 1. The van der Waals surface area contributed by atoms with Crippen LogP contribution >= 0.6 is 11.8 Å². The minimum Gasteiger partial charge on any atom is -0.384 e. The van der Waals surface area contributed by atoms with E-state index >= 15 is 0 Å². The molecule has 0 aliphatic carbocycles. The smallest absolute Gasteiger partial charge is 0.254 e. The zero-order valence-corrected chi connectivity index (χ0v) is 12.3. The summed E-state index contributed by atoms with van der Waals surface area (Å²) in [6, 6.07) is 6.40. The van der Waals surface area contributed by atoms with E-state index in [1.165, 1.54) is 5.56 Å². The van der Waals surface area contributed by atoms with Crippen LogP contribution in [0.3, 0.4) is 0 Å². The molecular weight excluding hydrogens is 256 g/mol. The van der Waals surface area contributed by atoms with E-state index in [-0.39, 0.29) is 5.91 Å². The van der Waals surface area contributed by atoms with Crippen LogP contribution in [0.25, 0.3) is 0 Å². The van der Waals surface area contributed by atoms with Crippen molar-refractivity contribution in [1.29, 1.82) is 0 Å². The largest absolute Gasteiger partial charge is 0.384 e. The van der Waals surface area contributed by atoms with Crippen LogP contribution in [-0.4, -0.2) is 40.9 Å². The van der Waals surface area contributed by atoms with Gasteiger partial charge in [-0.15, -0.1) is 0 Å². The predicted octanol–water partition coefficient (Wildman–Crippen LogP) is 2.62. The first-order valence-electron chi connectivity index (χ1n) is 6.96. The lowest BCUT2D eigenvalue weighted by Crippen LogP contribution is -2.47. The van der Waals surface area contributed by atoms with Gasteiger partial charge in [-0.1, -0.05) is 13.0 Å². The average Bonchev–Trinajstić information content (AvgIpc) is 2.88. The lowest BCUT2D eigenvalue weighted by atomic mass is 10.1. The molecule has 2 atom stereocenters. The maximum Gasteiger partial charge on any atom is 0.254 e. The Morgan fingerprint density at radius 2 is 2.26 bits per heavy atom. The quantitative estimate of drug-likeness (QED) is 0.856. The number of anilines is 1. The number of hydrogen-bond acceptors (Lipinski definition) is 3. The van der Waals surface area contributed by atoms with E-state index in [2.05, 4.69) is 25.2 Å². The van der Waals surface area contributed by atoms with Crippen molar-refractivity contribution in [2.45, 2.75) is 31.6 Å². The molecule has 19 heavy (non-hydrogen) atoms. The third-order valence-corrected chi connectivity index (χ3v) is 5.55. The fourth-order valence-corrected chi connectivity index (χ4v) is 3.91. The molecule has 102 valence electrons. The number of benzene rings is 1. The van der Waals surface area contributed by atoms with E-state index in [9.17, 15) is 4.79 Å². The van der Waals surface area contributed by atoms with Crippen molar-refractivity contribution in [1.82, 2.24) is 4.90 Å². The molecule has 0 aromatic heterocycles. The van der Waals surface area contributed by atoms with Crippen LogP contribution in [0, 0.1) is 0 Å². The van der Waals surface area contributed by atoms with Crippen molar-refractivity contribution in [2.24, 2.45) is 0 Å². The van der Waals surface area contributed by atoms with Gasteiger partial charge < -0.3 is 10.2 Å². The monoisotopic (exact) mass is 276 g/mol. The number of nitrogens with one attached hydrogen (secondary N) is 1. The Morgan fingerprint density at radius 3 is 3.11 bits per heavy atom. The molecule has 0 saturated carbocycles. The van der Waals surface area contributed by atoms with Gasteiger partial charge in [0.05, 0.1) is 0 Å². The first-order valence-corrected chi connectivity index (χ1v) is 8.01. The number of thioether (sulfide) groups is 1. The Bertz CT molecular complexity index is 503. The van der Waals surface area contributed by atoms with Crippen LogP contribution in [0.5, 0.6) is 0 Å². The van der Waals surface area contributed by atoms with Gasteiger partial charge in [0.2, 0.25) is 0 Å². The molecule has 1 aromatic carbocycles. The molecule has 1 aromatic rings. The van der Waals surface area contributed by atoms with Gasteiger partial charge in [0.25, 0.3) is 5.91 Å². The molecule has 4 heteroatoms. The van der Waals surface area contributed by atoms with Gasteiger partial charge in [0.1, 0.15) is 0 Å². The Balaban J connectivity index is 1.83. The predicted molar refractivity (Wildman–Crippen MR) is 81.1 cm³/mol.